The molecule has 0 N–H and O–H groups in total. The van der Waals surface area contributed by atoms with E-state index >= 15 is 0 Å². The Kier molecular flexibility index (Phi) is 5.10. The lowest BCUT2D eigenvalue weighted by Crippen LogP contribution is -2.48. The second-order valence-corrected chi connectivity index (χ2v) is 7.43. The number of piperazine rings is 1. The molecule has 3 aromatic rings. The number of carbonyl (C=O) groups is 1. The fraction of sp³-hybridized carbons (Fsp3) is 0.273. The normalized spacial score (nSPS) is 15.3. The summed E-state index contributed by atoms with van der Waals surface area (Å²) >= 11 is 6.43. The lowest BCUT2D eigenvalue weighted by Gasteiger charge is -2.35. The number of amides is 1. The van der Waals surface area contributed by atoms with Crippen LogP contribution in [0.25, 0.3) is 10.9 Å². The minimum absolute atomic E-state index is 0.107. The highest BCUT2D eigenvalue weighted by atomic mass is 35.5. The molecule has 0 saturated carbocycles. The Balaban J connectivity index is 1.42. The number of aromatic nitrogens is 1. The molecule has 1 aromatic heterocycles. The molecular formula is C22H22ClN3O. The summed E-state index contributed by atoms with van der Waals surface area (Å²) in [7, 11) is 0. The van der Waals surface area contributed by atoms with Crippen LogP contribution in [0.1, 0.15) is 21.5 Å². The molecule has 4 nitrogen and oxygen atoms in total. The molecule has 0 radical (unpaired) electrons. The molecule has 1 saturated heterocycles. The Morgan fingerprint density at radius 3 is 2.52 bits per heavy atom. The summed E-state index contributed by atoms with van der Waals surface area (Å²) in [6.07, 6.45) is 0. The Hall–Kier alpha value is -2.43. The van der Waals surface area contributed by atoms with Gasteiger partial charge in [0.2, 0.25) is 0 Å². The van der Waals surface area contributed by atoms with Gasteiger partial charge in [-0.05, 0) is 36.8 Å². The zero-order valence-electron chi connectivity index (χ0n) is 15.4. The number of hydrogen-bond acceptors (Lipinski definition) is 3. The quantitative estimate of drug-likeness (QED) is 0.641. The maximum absolute atomic E-state index is 12.6. The molecule has 27 heavy (non-hydrogen) atoms. The standard InChI is InChI=1S/C22H22ClN3O/c1-16-7-8-18-14-19(21(23)24-20(18)13-16)15-25-9-11-26(12-10-25)22(27)17-5-3-2-4-6-17/h2-8,13-14H,9-12,15H2,1H3. The average Bonchev–Trinajstić information content (AvgIpc) is 2.69. The van der Waals surface area contributed by atoms with Crippen molar-refractivity contribution in [3.8, 4) is 0 Å². The molecule has 2 heterocycles. The second kappa shape index (κ2) is 7.67. The first-order valence-corrected chi connectivity index (χ1v) is 9.60. The highest BCUT2D eigenvalue weighted by molar-refractivity contribution is 6.30. The van der Waals surface area contributed by atoms with Crippen LogP contribution in [0.15, 0.2) is 54.6 Å². The van der Waals surface area contributed by atoms with Crippen LogP contribution in [0.5, 0.6) is 0 Å². The van der Waals surface area contributed by atoms with Crippen molar-refractivity contribution in [2.75, 3.05) is 26.2 Å². The maximum Gasteiger partial charge on any atom is 0.253 e. The molecule has 1 amide bonds. The highest BCUT2D eigenvalue weighted by Gasteiger charge is 2.22. The molecular weight excluding hydrogens is 358 g/mol. The lowest BCUT2D eigenvalue weighted by atomic mass is 10.1. The largest absolute Gasteiger partial charge is 0.336 e. The fourth-order valence-electron chi connectivity index (χ4n) is 3.52. The number of carbonyl (C=O) groups excluding carboxylic acids is 1. The Morgan fingerprint density at radius 1 is 1.04 bits per heavy atom. The van der Waals surface area contributed by atoms with Crippen molar-refractivity contribution in [3.63, 3.8) is 0 Å². The maximum atomic E-state index is 12.6. The summed E-state index contributed by atoms with van der Waals surface area (Å²) in [6.45, 7) is 5.93. The van der Waals surface area contributed by atoms with Crippen LogP contribution in [0, 0.1) is 6.92 Å². The predicted molar refractivity (Wildman–Crippen MR) is 109 cm³/mol. The molecule has 0 aliphatic carbocycles. The number of nitrogens with zero attached hydrogens (tertiary/aromatic N) is 3. The van der Waals surface area contributed by atoms with Gasteiger partial charge in [-0.3, -0.25) is 9.69 Å². The third kappa shape index (κ3) is 3.97. The number of hydrogen-bond donors (Lipinski definition) is 0. The second-order valence-electron chi connectivity index (χ2n) is 7.07. The van der Waals surface area contributed by atoms with E-state index in [9.17, 15) is 4.79 Å². The van der Waals surface area contributed by atoms with Crippen molar-refractivity contribution in [2.24, 2.45) is 0 Å². The summed E-state index contributed by atoms with van der Waals surface area (Å²) in [4.78, 5) is 21.4. The van der Waals surface area contributed by atoms with Crippen molar-refractivity contribution in [1.82, 2.24) is 14.8 Å². The van der Waals surface area contributed by atoms with Gasteiger partial charge >= 0.3 is 0 Å². The molecule has 4 rings (SSSR count). The van der Waals surface area contributed by atoms with Gasteiger partial charge in [-0.15, -0.1) is 0 Å². The Morgan fingerprint density at radius 2 is 1.78 bits per heavy atom. The van der Waals surface area contributed by atoms with Crippen molar-refractivity contribution >= 4 is 28.4 Å². The molecule has 1 aliphatic heterocycles. The van der Waals surface area contributed by atoms with Crippen LogP contribution in [0.2, 0.25) is 5.15 Å². The summed E-state index contributed by atoms with van der Waals surface area (Å²) in [5.74, 6) is 0.107. The van der Waals surface area contributed by atoms with E-state index in [2.05, 4.69) is 41.1 Å². The summed E-state index contributed by atoms with van der Waals surface area (Å²) in [5, 5.41) is 1.67. The summed E-state index contributed by atoms with van der Waals surface area (Å²) in [6, 6.07) is 17.8. The van der Waals surface area contributed by atoms with Crippen LogP contribution in [0.4, 0.5) is 0 Å². The fourth-order valence-corrected chi connectivity index (χ4v) is 3.73. The molecule has 0 atom stereocenters. The predicted octanol–water partition coefficient (Wildman–Crippen LogP) is 4.15. The van der Waals surface area contributed by atoms with Crippen molar-refractivity contribution in [2.45, 2.75) is 13.5 Å². The monoisotopic (exact) mass is 379 g/mol. The third-order valence-corrected chi connectivity index (χ3v) is 5.40. The van der Waals surface area contributed by atoms with Crippen molar-refractivity contribution in [1.29, 1.82) is 0 Å². The highest BCUT2D eigenvalue weighted by Crippen LogP contribution is 2.23. The molecule has 0 unspecified atom stereocenters. The van der Waals surface area contributed by atoms with Crippen LogP contribution >= 0.6 is 11.6 Å². The molecule has 1 aliphatic rings. The van der Waals surface area contributed by atoms with Gasteiger partial charge in [-0.25, -0.2) is 4.98 Å². The van der Waals surface area contributed by atoms with Gasteiger partial charge in [0.05, 0.1) is 5.52 Å². The van der Waals surface area contributed by atoms with Gasteiger partial charge < -0.3 is 4.90 Å². The molecule has 0 bridgehead atoms. The van der Waals surface area contributed by atoms with Gasteiger partial charge in [-0.1, -0.05) is 41.9 Å². The lowest BCUT2D eigenvalue weighted by molar-refractivity contribution is 0.0628. The number of benzene rings is 2. The van der Waals surface area contributed by atoms with Crippen molar-refractivity contribution < 1.29 is 4.79 Å². The average molecular weight is 380 g/mol. The first-order valence-electron chi connectivity index (χ1n) is 9.22. The number of pyridine rings is 1. The number of rotatable bonds is 3. The van der Waals surface area contributed by atoms with Crippen LogP contribution in [-0.4, -0.2) is 46.9 Å². The van der Waals surface area contributed by atoms with E-state index in [1.54, 1.807) is 0 Å². The van der Waals surface area contributed by atoms with Crippen molar-refractivity contribution in [3.05, 3.63) is 76.4 Å². The first kappa shape index (κ1) is 18.0. The van der Waals surface area contributed by atoms with Crippen LogP contribution in [0.3, 0.4) is 0 Å². The van der Waals surface area contributed by atoms with Gasteiger partial charge in [-0.2, -0.15) is 0 Å². The number of aryl methyl sites for hydroxylation is 1. The Labute approximate surface area is 164 Å². The van der Waals surface area contributed by atoms with E-state index < -0.39 is 0 Å². The zero-order chi connectivity index (χ0) is 18.8. The van der Waals surface area contributed by atoms with E-state index in [0.29, 0.717) is 5.15 Å². The third-order valence-electron chi connectivity index (χ3n) is 5.07. The van der Waals surface area contributed by atoms with Gasteiger partial charge in [0.1, 0.15) is 5.15 Å². The molecule has 5 heteroatoms. The van der Waals surface area contributed by atoms with E-state index in [0.717, 1.165) is 54.8 Å². The Bertz CT molecular complexity index is 966. The number of fused-ring (bicyclic) bond motifs is 1. The minimum atomic E-state index is 0.107. The SMILES string of the molecule is Cc1ccc2cc(CN3CCN(C(=O)c4ccccc4)CC3)c(Cl)nc2c1. The van der Waals surface area contributed by atoms with E-state index in [1.165, 1.54) is 5.56 Å². The molecule has 138 valence electrons. The van der Waals surface area contributed by atoms with Crippen LogP contribution < -0.4 is 0 Å². The molecule has 0 spiro atoms. The van der Waals surface area contributed by atoms with Gasteiger partial charge in [0.25, 0.3) is 5.91 Å². The summed E-state index contributed by atoms with van der Waals surface area (Å²) in [5.41, 5.74) is 3.90. The number of halogens is 1. The van der Waals surface area contributed by atoms with E-state index in [-0.39, 0.29) is 5.91 Å². The zero-order valence-corrected chi connectivity index (χ0v) is 16.1. The first-order chi connectivity index (χ1) is 13.1. The topological polar surface area (TPSA) is 36.4 Å². The molecule has 2 aromatic carbocycles. The van der Waals surface area contributed by atoms with Crippen LogP contribution in [-0.2, 0) is 6.54 Å². The van der Waals surface area contributed by atoms with Gasteiger partial charge in [0.15, 0.2) is 0 Å². The minimum Gasteiger partial charge on any atom is -0.336 e. The van der Waals surface area contributed by atoms with E-state index in [4.69, 9.17) is 11.6 Å². The smallest absolute Gasteiger partial charge is 0.253 e. The molecule has 1 fully saturated rings. The van der Waals surface area contributed by atoms with Gasteiger partial charge in [0, 0.05) is 49.2 Å². The summed E-state index contributed by atoms with van der Waals surface area (Å²) < 4.78 is 0. The van der Waals surface area contributed by atoms with E-state index in [1.807, 2.05) is 35.2 Å².